The van der Waals surface area contributed by atoms with E-state index in [0.717, 1.165) is 11.8 Å². The predicted octanol–water partition coefficient (Wildman–Crippen LogP) is -15.1. The average molecular weight is 1700 g/mol. The van der Waals surface area contributed by atoms with Gasteiger partial charge in [-0.2, -0.15) is 0 Å². The fraction of sp³-hybridized carbons (Fsp3) is 0.631. The standard InChI is InChI=1S/C65H108N26O28/c1-29(2)18-38(61(117)91-17-7-11-40(91)59(115)88-34(12-13-47(100)101)55(111)90-51(30(3)93)60(116)80-23-42(95)76-24-43(96)85-39(28-92)62(118)119)89-58(114)37(21-50(106)107)84-46(99)27-79-54(110)33(10-6-16-75-65(71)72)87-57(113)36(20-49(104)105)83-45(98)26-78-53(109)32(9-5-15-74-64(69)70)86-56(112)35(19-48(102)103)82-44(97)25-77-52(108)31(81-41(94)22-66)8-4-14-73-63(67)68/h29-40,51,92-93H,4-28,66H2,1-3H3,(H,76,95)(H,77,108)(H,78,109)(H,79,110)(H,80,116)(H,81,94)(H,82,97)(H,83,98)(H,84,99)(H,85,96)(H,86,112)(H,87,113)(H,88,115)(H,89,114)(H,90,111)(H,100,101)(H,102,103)(H,104,105)(H,106,107)(H,118,119)(H4,67,68,73)(H4,69,70,74)(H4,71,72,75)/t30-,31+,32+,33+,34+,35+,36+,37+,38+,39+,40+,51+/m1/s1. The van der Waals surface area contributed by atoms with E-state index in [1.807, 2.05) is 5.32 Å². The van der Waals surface area contributed by atoms with Crippen LogP contribution in [-0.2, 0) is 101 Å². The highest BCUT2D eigenvalue weighted by molar-refractivity contribution is 6.01. The maximum atomic E-state index is 14.5. The molecule has 54 heteroatoms. The second-order valence-electron chi connectivity index (χ2n) is 26.9. The molecule has 1 aliphatic heterocycles. The maximum Gasteiger partial charge on any atom is 0.328 e. The van der Waals surface area contributed by atoms with Crippen LogP contribution in [0, 0.1) is 22.1 Å². The zero-order valence-corrected chi connectivity index (χ0v) is 65.1. The third-order valence-electron chi connectivity index (χ3n) is 16.6. The van der Waals surface area contributed by atoms with Crippen molar-refractivity contribution in [3.63, 3.8) is 0 Å². The number of hydrogen-bond donors (Lipinski definition) is 32. The molecule has 0 aromatic carbocycles. The largest absolute Gasteiger partial charge is 0.481 e. The molecule has 0 aromatic heterocycles. The number of nitrogens with two attached hydrogens (primary N) is 4. The number of nitrogens with one attached hydrogen (secondary N) is 21. The van der Waals surface area contributed by atoms with Crippen LogP contribution in [0.4, 0.5) is 0 Å². The van der Waals surface area contributed by atoms with E-state index in [-0.39, 0.29) is 83.5 Å². The number of carboxylic acid groups (broad SMARTS) is 5. The average Bonchev–Trinajstić information content (AvgIpc) is 1.71. The van der Waals surface area contributed by atoms with Gasteiger partial charge in [0.25, 0.3) is 0 Å². The Hall–Kier alpha value is -13.4. The van der Waals surface area contributed by atoms with Gasteiger partial charge < -0.3 is 159 Å². The molecular formula is C65H108N26O28. The van der Waals surface area contributed by atoms with Gasteiger partial charge in [0.05, 0.1) is 71.2 Å². The summed E-state index contributed by atoms with van der Waals surface area (Å²) in [6.45, 7) is -2.37. The smallest absolute Gasteiger partial charge is 0.328 e. The lowest BCUT2D eigenvalue weighted by atomic mass is 10.0. The first-order chi connectivity index (χ1) is 55.8. The molecule has 12 atom stereocenters. The Morgan fingerprint density at radius 2 is 0.739 bits per heavy atom. The van der Waals surface area contributed by atoms with Gasteiger partial charge in [-0.3, -0.25) is 112 Å². The molecule has 119 heavy (non-hydrogen) atoms. The van der Waals surface area contributed by atoms with Crippen molar-refractivity contribution in [3.05, 3.63) is 0 Å². The summed E-state index contributed by atoms with van der Waals surface area (Å²) in [7, 11) is 0. The van der Waals surface area contributed by atoms with Gasteiger partial charge in [-0.1, -0.05) is 13.8 Å². The van der Waals surface area contributed by atoms with Crippen LogP contribution >= 0.6 is 0 Å². The molecule has 54 nitrogen and oxygen atoms in total. The number of aliphatic hydroxyl groups is 2. The summed E-state index contributed by atoms with van der Waals surface area (Å²) in [6.07, 6.45) is -7.68. The third kappa shape index (κ3) is 43.2. The highest BCUT2D eigenvalue weighted by Crippen LogP contribution is 2.22. The number of aliphatic carboxylic acids is 5. The lowest BCUT2D eigenvalue weighted by Crippen LogP contribution is -2.60. The van der Waals surface area contributed by atoms with Gasteiger partial charge in [0.15, 0.2) is 17.9 Å². The molecule has 0 aromatic rings. The number of amides is 16. The number of guanidine groups is 3. The molecule has 0 saturated carbocycles. The molecule has 0 radical (unpaired) electrons. The van der Waals surface area contributed by atoms with Crippen LogP contribution in [-0.4, -0.2) is 328 Å². The Morgan fingerprint density at radius 1 is 0.395 bits per heavy atom. The molecule has 1 saturated heterocycles. The summed E-state index contributed by atoms with van der Waals surface area (Å²) in [4.78, 5) is 274. The molecule has 1 aliphatic rings. The zero-order chi connectivity index (χ0) is 90.3. The summed E-state index contributed by atoms with van der Waals surface area (Å²) >= 11 is 0. The highest BCUT2D eigenvalue weighted by Gasteiger charge is 2.42. The van der Waals surface area contributed by atoms with Gasteiger partial charge in [0, 0.05) is 32.6 Å². The zero-order valence-electron chi connectivity index (χ0n) is 65.1. The number of carbonyl (C=O) groups is 21. The van der Waals surface area contributed by atoms with Crippen molar-refractivity contribution in [3.8, 4) is 0 Å². The van der Waals surface area contributed by atoms with Crippen molar-refractivity contribution < 1.29 is 136 Å². The van der Waals surface area contributed by atoms with E-state index in [9.17, 15) is 126 Å². The molecule has 1 heterocycles. The lowest BCUT2D eigenvalue weighted by Gasteiger charge is -2.31. The number of aliphatic hydroxyl groups excluding tert-OH is 2. The van der Waals surface area contributed by atoms with Gasteiger partial charge in [0.1, 0.15) is 66.5 Å². The number of rotatable bonds is 57. The van der Waals surface area contributed by atoms with Crippen LogP contribution in [0.25, 0.3) is 0 Å². The fourth-order valence-corrected chi connectivity index (χ4v) is 10.8. The SMILES string of the molecule is CC(C)C[C@H](NC(=O)[C@H](CC(=O)O)NC(=O)CNC(=O)[C@H](CCCNC(=N)N)NC(=O)[C@H](CC(=O)O)NC(=O)CNC(=O)[C@H](CCCNC(=N)N)NC(=O)[C@H](CC(=O)O)NC(=O)CNC(=O)[C@H](CCCNC(=N)N)NC(=O)CN)C(=O)N1CCC[C@H]1C(=O)N[C@@H](CCC(=O)O)C(=O)N[C@H](C(=O)NCC(=O)NCC(=O)N[C@@H](CO)C(=O)O)[C@@H](C)O. The maximum absolute atomic E-state index is 14.5. The second kappa shape index (κ2) is 54.4. The minimum Gasteiger partial charge on any atom is -0.481 e. The van der Waals surface area contributed by atoms with Crippen LogP contribution in [0.2, 0.25) is 0 Å². The molecule has 36 N–H and O–H groups in total. The summed E-state index contributed by atoms with van der Waals surface area (Å²) in [5.74, 6) is -28.3. The van der Waals surface area contributed by atoms with E-state index >= 15 is 0 Å². The van der Waals surface area contributed by atoms with Gasteiger partial charge in [0.2, 0.25) is 94.5 Å². The van der Waals surface area contributed by atoms with Gasteiger partial charge in [-0.05, 0) is 77.0 Å². The fourth-order valence-electron chi connectivity index (χ4n) is 10.8. The topological polar surface area (TPSA) is 895 Å². The Bertz CT molecular complexity index is 3660. The first kappa shape index (κ1) is 104. The van der Waals surface area contributed by atoms with Crippen molar-refractivity contribution in [2.75, 3.05) is 72.1 Å². The predicted molar refractivity (Wildman–Crippen MR) is 405 cm³/mol. The summed E-state index contributed by atoms with van der Waals surface area (Å²) in [5, 5.41) is 130. The minimum atomic E-state index is -2.08. The van der Waals surface area contributed by atoms with E-state index in [4.69, 9.17) is 49.4 Å². The van der Waals surface area contributed by atoms with E-state index in [2.05, 4.69) is 90.4 Å². The lowest BCUT2D eigenvalue weighted by molar-refractivity contribution is -0.144. The molecule has 1 fully saturated rings. The Kier molecular flexibility index (Phi) is 47.4. The van der Waals surface area contributed by atoms with Crippen LogP contribution in [0.15, 0.2) is 0 Å². The van der Waals surface area contributed by atoms with Gasteiger partial charge in [-0.25, -0.2) is 4.79 Å². The molecule has 0 bridgehead atoms. The Balaban J connectivity index is 3.40. The van der Waals surface area contributed by atoms with Crippen molar-refractivity contribution in [2.45, 2.75) is 183 Å². The van der Waals surface area contributed by atoms with Crippen molar-refractivity contribution in [1.82, 2.24) is 101 Å². The quantitative estimate of drug-likeness (QED) is 0.0153. The minimum absolute atomic E-state index is 0.0489. The summed E-state index contributed by atoms with van der Waals surface area (Å²) in [6, 6.07) is -19.2. The first-order valence-electron chi connectivity index (χ1n) is 36.8. The number of nitrogens with zero attached hydrogens (tertiary/aromatic N) is 1. The van der Waals surface area contributed by atoms with Crippen LogP contribution in [0.5, 0.6) is 0 Å². The second-order valence-corrected chi connectivity index (χ2v) is 26.9. The number of carbonyl (C=O) groups excluding carboxylic acids is 16. The van der Waals surface area contributed by atoms with E-state index < -0.39 is 299 Å². The van der Waals surface area contributed by atoms with Gasteiger partial charge in [-0.15, -0.1) is 0 Å². The molecule has 0 aliphatic carbocycles. The third-order valence-corrected chi connectivity index (χ3v) is 16.6. The van der Waals surface area contributed by atoms with Gasteiger partial charge >= 0.3 is 29.8 Å². The van der Waals surface area contributed by atoms with Crippen LogP contribution < -0.4 is 119 Å². The number of likely N-dealkylation sites (tertiary alicyclic amines) is 1. The van der Waals surface area contributed by atoms with Crippen molar-refractivity contribution in [2.24, 2.45) is 28.9 Å². The van der Waals surface area contributed by atoms with Crippen molar-refractivity contribution >= 4 is 142 Å². The first-order valence-corrected chi connectivity index (χ1v) is 36.8. The molecule has 1 rings (SSSR count). The molecule has 0 unspecified atom stereocenters. The number of carboxylic acids is 5. The highest BCUT2D eigenvalue weighted by atomic mass is 16.4. The Labute approximate surface area is 677 Å². The molecule has 0 spiro atoms. The van der Waals surface area contributed by atoms with E-state index in [1.165, 1.54) is 0 Å². The van der Waals surface area contributed by atoms with Crippen LogP contribution in [0.3, 0.4) is 0 Å². The number of hydrogen-bond acceptors (Lipinski definition) is 27. The van der Waals surface area contributed by atoms with Crippen molar-refractivity contribution in [1.29, 1.82) is 16.2 Å². The monoisotopic (exact) mass is 1700 g/mol. The Morgan fingerprint density at radius 3 is 1.09 bits per heavy atom. The normalized spacial score (nSPS) is 14.8. The van der Waals surface area contributed by atoms with Crippen LogP contribution in [0.1, 0.15) is 111 Å². The summed E-state index contributed by atoms with van der Waals surface area (Å²) < 4.78 is 0. The van der Waals surface area contributed by atoms with E-state index in [1.54, 1.807) is 13.8 Å². The molecule has 666 valence electrons. The molecular weight excluding hydrogens is 1590 g/mol. The molecule has 16 amide bonds. The summed E-state index contributed by atoms with van der Waals surface area (Å²) in [5.41, 5.74) is 21.3. The van der Waals surface area contributed by atoms with E-state index in [0.29, 0.717) is 0 Å².